The molecule has 3 heteroatoms. The maximum atomic E-state index is 6.00. The minimum atomic E-state index is 0.854. The zero-order valence-corrected chi connectivity index (χ0v) is 11.6. The summed E-state index contributed by atoms with van der Waals surface area (Å²) in [5, 5.41) is 0. The van der Waals surface area contributed by atoms with Gasteiger partial charge < -0.3 is 5.73 Å². The zero-order chi connectivity index (χ0) is 13.7. The molecule has 0 radical (unpaired) electrons. The molecule has 0 fully saturated rings. The van der Waals surface area contributed by atoms with Gasteiger partial charge >= 0.3 is 0 Å². The number of para-hydroxylation sites is 1. The van der Waals surface area contributed by atoms with Gasteiger partial charge in [-0.15, -0.1) is 0 Å². The van der Waals surface area contributed by atoms with Crippen LogP contribution in [0, 0.1) is 6.92 Å². The van der Waals surface area contributed by atoms with E-state index in [9.17, 15) is 0 Å². The number of rotatable bonds is 5. The Morgan fingerprint density at radius 1 is 1.05 bits per heavy atom. The van der Waals surface area contributed by atoms with E-state index in [0.717, 1.165) is 36.7 Å². The second kappa shape index (κ2) is 6.34. The number of pyridine rings is 1. The van der Waals surface area contributed by atoms with Crippen LogP contribution in [0.5, 0.6) is 0 Å². The lowest BCUT2D eigenvalue weighted by Gasteiger charge is -2.21. The fourth-order valence-electron chi connectivity index (χ4n) is 2.12. The first kappa shape index (κ1) is 13.6. The predicted octanol–water partition coefficient (Wildman–Crippen LogP) is 2.99. The van der Waals surface area contributed by atoms with E-state index in [1.165, 1.54) is 5.56 Å². The van der Waals surface area contributed by atoms with Crippen molar-refractivity contribution >= 4 is 5.69 Å². The molecule has 1 heterocycles. The maximum Gasteiger partial charge on any atom is 0.0547 e. The van der Waals surface area contributed by atoms with E-state index >= 15 is 0 Å². The quantitative estimate of drug-likeness (QED) is 0.835. The third-order valence-corrected chi connectivity index (χ3v) is 3.23. The number of anilines is 1. The van der Waals surface area contributed by atoms with Crippen LogP contribution in [0.25, 0.3) is 0 Å². The summed E-state index contributed by atoms with van der Waals surface area (Å²) in [6.45, 7) is 6.87. The van der Waals surface area contributed by atoms with Gasteiger partial charge in [0, 0.05) is 24.5 Å². The molecular formula is C16H21N3. The average molecular weight is 255 g/mol. The molecule has 0 spiro atoms. The minimum absolute atomic E-state index is 0.854. The Morgan fingerprint density at radius 2 is 1.84 bits per heavy atom. The largest absolute Gasteiger partial charge is 0.398 e. The molecule has 0 amide bonds. The van der Waals surface area contributed by atoms with Crippen LogP contribution in [0.1, 0.15) is 23.9 Å². The molecule has 100 valence electrons. The van der Waals surface area contributed by atoms with E-state index in [0.29, 0.717) is 0 Å². The van der Waals surface area contributed by atoms with Crippen LogP contribution in [0.15, 0.2) is 42.5 Å². The highest BCUT2D eigenvalue weighted by molar-refractivity contribution is 5.46. The molecule has 19 heavy (non-hydrogen) atoms. The average Bonchev–Trinajstić information content (AvgIpc) is 2.40. The number of hydrogen-bond acceptors (Lipinski definition) is 3. The number of aromatic nitrogens is 1. The lowest BCUT2D eigenvalue weighted by atomic mass is 10.1. The molecule has 0 aliphatic heterocycles. The van der Waals surface area contributed by atoms with Gasteiger partial charge in [0.25, 0.3) is 0 Å². The van der Waals surface area contributed by atoms with E-state index in [-0.39, 0.29) is 0 Å². The van der Waals surface area contributed by atoms with Crippen LogP contribution in [0.3, 0.4) is 0 Å². The predicted molar refractivity (Wildman–Crippen MR) is 79.6 cm³/mol. The summed E-state index contributed by atoms with van der Waals surface area (Å²) in [5.41, 5.74) is 10.2. The lowest BCUT2D eigenvalue weighted by Crippen LogP contribution is -2.23. The number of benzene rings is 1. The van der Waals surface area contributed by atoms with Gasteiger partial charge in [-0.05, 0) is 37.2 Å². The van der Waals surface area contributed by atoms with Crippen molar-refractivity contribution in [2.24, 2.45) is 0 Å². The molecule has 0 bridgehead atoms. The Balaban J connectivity index is 2.07. The van der Waals surface area contributed by atoms with E-state index in [4.69, 9.17) is 5.73 Å². The normalized spacial score (nSPS) is 10.9. The highest BCUT2D eigenvalue weighted by Crippen LogP contribution is 2.14. The Bertz CT molecular complexity index is 537. The zero-order valence-electron chi connectivity index (χ0n) is 11.6. The number of aryl methyl sites for hydroxylation is 1. The number of nitrogen functional groups attached to an aromatic ring is 1. The van der Waals surface area contributed by atoms with E-state index in [2.05, 4.69) is 35.0 Å². The van der Waals surface area contributed by atoms with E-state index in [1.807, 2.05) is 31.2 Å². The number of nitrogens with two attached hydrogens (primary N) is 1. The van der Waals surface area contributed by atoms with Crippen molar-refractivity contribution in [1.82, 2.24) is 9.88 Å². The van der Waals surface area contributed by atoms with Crippen molar-refractivity contribution in [3.8, 4) is 0 Å². The van der Waals surface area contributed by atoms with Gasteiger partial charge in [-0.1, -0.05) is 31.2 Å². The van der Waals surface area contributed by atoms with E-state index < -0.39 is 0 Å². The highest BCUT2D eigenvalue weighted by Gasteiger charge is 2.07. The topological polar surface area (TPSA) is 42.2 Å². The molecule has 0 saturated carbocycles. The Labute approximate surface area is 115 Å². The first-order valence-electron chi connectivity index (χ1n) is 6.67. The van der Waals surface area contributed by atoms with Crippen LogP contribution >= 0.6 is 0 Å². The van der Waals surface area contributed by atoms with Gasteiger partial charge in [0.05, 0.1) is 5.69 Å². The summed E-state index contributed by atoms with van der Waals surface area (Å²) in [6, 6.07) is 14.2. The number of nitrogens with zero attached hydrogens (tertiary/aromatic N) is 2. The SMILES string of the molecule is CCN(Cc1cccc(C)n1)Cc1ccccc1N. The van der Waals surface area contributed by atoms with E-state index in [1.54, 1.807) is 0 Å². The van der Waals surface area contributed by atoms with Crippen molar-refractivity contribution in [3.05, 3.63) is 59.4 Å². The van der Waals surface area contributed by atoms with Crippen molar-refractivity contribution in [2.45, 2.75) is 26.9 Å². The summed E-state index contributed by atoms with van der Waals surface area (Å²) in [6.07, 6.45) is 0. The van der Waals surface area contributed by atoms with Gasteiger partial charge in [-0.3, -0.25) is 9.88 Å². The molecule has 2 rings (SSSR count). The van der Waals surface area contributed by atoms with Gasteiger partial charge in [0.1, 0.15) is 0 Å². The van der Waals surface area contributed by atoms with Crippen LogP contribution in [0.2, 0.25) is 0 Å². The molecule has 0 atom stereocenters. The molecule has 2 N–H and O–H groups in total. The minimum Gasteiger partial charge on any atom is -0.398 e. The third-order valence-electron chi connectivity index (χ3n) is 3.23. The standard InChI is InChI=1S/C16H21N3/c1-3-19(11-14-8-4-5-10-16(14)17)12-15-9-6-7-13(2)18-15/h4-10H,3,11-12,17H2,1-2H3. The Hall–Kier alpha value is -1.87. The lowest BCUT2D eigenvalue weighted by molar-refractivity contribution is 0.268. The first-order chi connectivity index (χ1) is 9.19. The van der Waals surface area contributed by atoms with Gasteiger partial charge in [0.2, 0.25) is 0 Å². The van der Waals surface area contributed by atoms with Gasteiger partial charge in [0.15, 0.2) is 0 Å². The van der Waals surface area contributed by atoms with Crippen molar-refractivity contribution in [3.63, 3.8) is 0 Å². The molecule has 1 aromatic carbocycles. The second-order valence-electron chi connectivity index (χ2n) is 4.77. The fourth-order valence-corrected chi connectivity index (χ4v) is 2.12. The molecular weight excluding hydrogens is 234 g/mol. The van der Waals surface area contributed by atoms with Crippen molar-refractivity contribution < 1.29 is 0 Å². The molecule has 0 aliphatic rings. The molecule has 0 aliphatic carbocycles. The molecule has 2 aromatic rings. The first-order valence-corrected chi connectivity index (χ1v) is 6.67. The summed E-state index contributed by atoms with van der Waals surface area (Å²) >= 11 is 0. The third kappa shape index (κ3) is 3.80. The second-order valence-corrected chi connectivity index (χ2v) is 4.77. The van der Waals surface area contributed by atoms with Gasteiger partial charge in [-0.25, -0.2) is 0 Å². The molecule has 3 nitrogen and oxygen atoms in total. The summed E-state index contributed by atoms with van der Waals surface area (Å²) in [7, 11) is 0. The summed E-state index contributed by atoms with van der Waals surface area (Å²) in [4.78, 5) is 6.89. The Morgan fingerprint density at radius 3 is 2.53 bits per heavy atom. The monoisotopic (exact) mass is 255 g/mol. The van der Waals surface area contributed by atoms with Crippen LogP contribution in [-0.4, -0.2) is 16.4 Å². The fraction of sp³-hybridized carbons (Fsp3) is 0.312. The smallest absolute Gasteiger partial charge is 0.0547 e. The summed E-state index contributed by atoms with van der Waals surface area (Å²) in [5.74, 6) is 0. The van der Waals surface area contributed by atoms with Crippen LogP contribution < -0.4 is 5.73 Å². The Kier molecular flexibility index (Phi) is 4.53. The van der Waals surface area contributed by atoms with Gasteiger partial charge in [-0.2, -0.15) is 0 Å². The highest BCUT2D eigenvalue weighted by atomic mass is 15.1. The molecule has 0 unspecified atom stereocenters. The number of hydrogen-bond donors (Lipinski definition) is 1. The molecule has 0 saturated heterocycles. The summed E-state index contributed by atoms with van der Waals surface area (Å²) < 4.78 is 0. The maximum absolute atomic E-state index is 6.00. The van der Waals surface area contributed by atoms with Crippen LogP contribution in [0.4, 0.5) is 5.69 Å². The van der Waals surface area contributed by atoms with Crippen molar-refractivity contribution in [1.29, 1.82) is 0 Å². The van der Waals surface area contributed by atoms with Crippen LogP contribution in [-0.2, 0) is 13.1 Å². The van der Waals surface area contributed by atoms with Crippen molar-refractivity contribution in [2.75, 3.05) is 12.3 Å². The molecule has 1 aromatic heterocycles.